The molecule has 4 nitrogen and oxygen atoms in total. The average Bonchev–Trinajstić information content (AvgIpc) is 2.93. The molecule has 0 radical (unpaired) electrons. The summed E-state index contributed by atoms with van der Waals surface area (Å²) in [5.41, 5.74) is -0.285. The fourth-order valence-corrected chi connectivity index (χ4v) is 3.16. The Morgan fingerprint density at radius 3 is 2.33 bits per heavy atom. The summed E-state index contributed by atoms with van der Waals surface area (Å²) < 4.78 is 0. The van der Waals surface area contributed by atoms with E-state index in [4.69, 9.17) is 5.11 Å². The molecule has 0 heterocycles. The van der Waals surface area contributed by atoms with Gasteiger partial charge in [0.2, 0.25) is 5.91 Å². The molecule has 0 aromatic heterocycles. The van der Waals surface area contributed by atoms with E-state index in [1.165, 1.54) is 6.42 Å². The number of nitrogens with one attached hydrogen (secondary N) is 1. The van der Waals surface area contributed by atoms with E-state index in [-0.39, 0.29) is 17.7 Å². The summed E-state index contributed by atoms with van der Waals surface area (Å²) in [5.74, 6) is -0.132. The highest BCUT2D eigenvalue weighted by atomic mass is 16.4. The minimum atomic E-state index is -0.774. The van der Waals surface area contributed by atoms with Crippen molar-refractivity contribution in [3.05, 3.63) is 0 Å². The molecular weight excluding hydrogens is 230 g/mol. The van der Waals surface area contributed by atoms with Gasteiger partial charge in [-0.15, -0.1) is 0 Å². The lowest BCUT2D eigenvalue weighted by Gasteiger charge is -2.35. The molecule has 18 heavy (non-hydrogen) atoms. The number of amides is 1. The number of hydrogen-bond acceptors (Lipinski definition) is 2. The van der Waals surface area contributed by atoms with Crippen LogP contribution in [0, 0.1) is 11.3 Å². The van der Waals surface area contributed by atoms with Crippen molar-refractivity contribution >= 4 is 11.9 Å². The second kappa shape index (κ2) is 5.29. The molecule has 2 rings (SSSR count). The molecule has 0 bridgehead atoms. The first-order valence-electron chi connectivity index (χ1n) is 7.02. The Morgan fingerprint density at radius 1 is 1.22 bits per heavy atom. The van der Waals surface area contributed by atoms with Crippen LogP contribution in [0.5, 0.6) is 0 Å². The van der Waals surface area contributed by atoms with Gasteiger partial charge in [-0.05, 0) is 30.6 Å². The number of rotatable bonds is 5. The van der Waals surface area contributed by atoms with Crippen LogP contribution in [-0.4, -0.2) is 23.0 Å². The van der Waals surface area contributed by atoms with Crippen LogP contribution >= 0.6 is 0 Å². The molecule has 0 aromatic carbocycles. The highest BCUT2D eigenvalue weighted by molar-refractivity contribution is 5.78. The zero-order valence-electron chi connectivity index (χ0n) is 11.1. The van der Waals surface area contributed by atoms with E-state index >= 15 is 0 Å². The van der Waals surface area contributed by atoms with E-state index < -0.39 is 5.97 Å². The first-order chi connectivity index (χ1) is 8.51. The van der Waals surface area contributed by atoms with Crippen LogP contribution in [-0.2, 0) is 9.59 Å². The maximum atomic E-state index is 12.0. The Morgan fingerprint density at radius 2 is 1.83 bits per heavy atom. The second-order valence-electron chi connectivity index (χ2n) is 6.19. The smallest absolute Gasteiger partial charge is 0.303 e. The number of carbonyl (C=O) groups is 2. The molecule has 1 amide bonds. The molecule has 102 valence electrons. The molecule has 2 saturated carbocycles. The minimum absolute atomic E-state index is 0.0486. The van der Waals surface area contributed by atoms with E-state index in [1.54, 1.807) is 0 Å². The van der Waals surface area contributed by atoms with Gasteiger partial charge in [0.15, 0.2) is 0 Å². The van der Waals surface area contributed by atoms with Crippen molar-refractivity contribution in [1.29, 1.82) is 0 Å². The Kier molecular flexibility index (Phi) is 3.93. The van der Waals surface area contributed by atoms with Crippen LogP contribution < -0.4 is 5.32 Å². The van der Waals surface area contributed by atoms with Gasteiger partial charge < -0.3 is 10.4 Å². The molecule has 2 aliphatic rings. The van der Waals surface area contributed by atoms with E-state index in [0.29, 0.717) is 18.4 Å². The number of carboxylic acids is 1. The van der Waals surface area contributed by atoms with Gasteiger partial charge in [0.1, 0.15) is 0 Å². The van der Waals surface area contributed by atoms with Gasteiger partial charge in [0.05, 0.1) is 6.42 Å². The highest BCUT2D eigenvalue weighted by Gasteiger charge is 2.39. The van der Waals surface area contributed by atoms with E-state index in [1.807, 2.05) is 0 Å². The van der Waals surface area contributed by atoms with Crippen molar-refractivity contribution < 1.29 is 14.7 Å². The first kappa shape index (κ1) is 13.4. The fourth-order valence-electron chi connectivity index (χ4n) is 3.16. The summed E-state index contributed by atoms with van der Waals surface area (Å²) in [5, 5.41) is 12.1. The van der Waals surface area contributed by atoms with Crippen LogP contribution in [0.3, 0.4) is 0 Å². The number of carboxylic acid groups (broad SMARTS) is 1. The normalized spacial score (nSPS) is 29.6. The van der Waals surface area contributed by atoms with Crippen LogP contribution in [0.2, 0.25) is 0 Å². The largest absolute Gasteiger partial charge is 0.481 e. The second-order valence-corrected chi connectivity index (χ2v) is 6.19. The average molecular weight is 253 g/mol. The Balaban J connectivity index is 1.91. The standard InChI is InChI=1S/C14H23NO3/c1-10-7-11(10)15-12(16)8-14(9-13(17)18)5-3-2-4-6-14/h10-11H,2-9H2,1H3,(H,15,16)(H,17,18). The number of hydrogen-bond donors (Lipinski definition) is 2. The van der Waals surface area contributed by atoms with Crippen molar-refractivity contribution in [2.24, 2.45) is 11.3 Å². The van der Waals surface area contributed by atoms with Gasteiger partial charge in [-0.2, -0.15) is 0 Å². The van der Waals surface area contributed by atoms with Crippen molar-refractivity contribution in [3.8, 4) is 0 Å². The maximum absolute atomic E-state index is 12.0. The predicted molar refractivity (Wildman–Crippen MR) is 68.1 cm³/mol. The Labute approximate surface area is 108 Å². The van der Waals surface area contributed by atoms with Crippen molar-refractivity contribution in [1.82, 2.24) is 5.32 Å². The van der Waals surface area contributed by atoms with Crippen LogP contribution in [0.4, 0.5) is 0 Å². The SMILES string of the molecule is CC1CC1NC(=O)CC1(CC(=O)O)CCCCC1. The predicted octanol–water partition coefficient (Wildman–Crippen LogP) is 2.33. The zero-order valence-corrected chi connectivity index (χ0v) is 11.1. The third-order valence-corrected chi connectivity index (χ3v) is 4.43. The molecule has 0 aliphatic heterocycles. The monoisotopic (exact) mass is 253 g/mol. The lowest BCUT2D eigenvalue weighted by molar-refractivity contribution is -0.141. The molecule has 2 aliphatic carbocycles. The van der Waals surface area contributed by atoms with Crippen LogP contribution in [0.25, 0.3) is 0 Å². The molecular formula is C14H23NO3. The molecule has 4 heteroatoms. The lowest BCUT2D eigenvalue weighted by Crippen LogP contribution is -2.36. The Hall–Kier alpha value is -1.06. The van der Waals surface area contributed by atoms with Crippen molar-refractivity contribution in [3.63, 3.8) is 0 Å². The summed E-state index contributed by atoms with van der Waals surface area (Å²) in [6.07, 6.45) is 6.64. The number of aliphatic carboxylic acids is 1. The zero-order chi connectivity index (χ0) is 13.2. The van der Waals surface area contributed by atoms with Gasteiger partial charge >= 0.3 is 5.97 Å². The molecule has 0 saturated heterocycles. The molecule has 2 atom stereocenters. The molecule has 2 N–H and O–H groups in total. The molecule has 0 spiro atoms. The summed E-state index contributed by atoms with van der Waals surface area (Å²) in [7, 11) is 0. The quantitative estimate of drug-likeness (QED) is 0.790. The maximum Gasteiger partial charge on any atom is 0.303 e. The van der Waals surface area contributed by atoms with Gasteiger partial charge in [0, 0.05) is 12.5 Å². The van der Waals surface area contributed by atoms with E-state index in [9.17, 15) is 9.59 Å². The van der Waals surface area contributed by atoms with Gasteiger partial charge in [-0.1, -0.05) is 26.2 Å². The van der Waals surface area contributed by atoms with Crippen molar-refractivity contribution in [2.45, 2.75) is 64.3 Å². The highest BCUT2D eigenvalue weighted by Crippen LogP contribution is 2.42. The van der Waals surface area contributed by atoms with Crippen molar-refractivity contribution in [2.75, 3.05) is 0 Å². The number of carbonyl (C=O) groups excluding carboxylic acids is 1. The summed E-state index contributed by atoms with van der Waals surface area (Å²) in [4.78, 5) is 23.0. The summed E-state index contributed by atoms with van der Waals surface area (Å²) in [6.45, 7) is 2.12. The van der Waals surface area contributed by atoms with E-state index in [0.717, 1.165) is 32.1 Å². The van der Waals surface area contributed by atoms with E-state index in [2.05, 4.69) is 12.2 Å². The van der Waals surface area contributed by atoms with Crippen LogP contribution in [0.15, 0.2) is 0 Å². The Bertz CT molecular complexity index is 334. The van der Waals surface area contributed by atoms with Crippen LogP contribution in [0.1, 0.15) is 58.3 Å². The van der Waals surface area contributed by atoms with Gasteiger partial charge in [-0.3, -0.25) is 9.59 Å². The summed E-state index contributed by atoms with van der Waals surface area (Å²) in [6, 6.07) is 0.336. The van der Waals surface area contributed by atoms with Gasteiger partial charge in [0.25, 0.3) is 0 Å². The fraction of sp³-hybridized carbons (Fsp3) is 0.857. The minimum Gasteiger partial charge on any atom is -0.481 e. The third-order valence-electron chi connectivity index (χ3n) is 4.43. The third kappa shape index (κ3) is 3.47. The topological polar surface area (TPSA) is 66.4 Å². The first-order valence-corrected chi connectivity index (χ1v) is 7.02. The molecule has 2 unspecified atom stereocenters. The molecule has 0 aromatic rings. The molecule has 2 fully saturated rings. The summed E-state index contributed by atoms with van der Waals surface area (Å²) >= 11 is 0. The lowest BCUT2D eigenvalue weighted by atomic mass is 9.69. The van der Waals surface area contributed by atoms with Gasteiger partial charge in [-0.25, -0.2) is 0 Å².